The van der Waals surface area contributed by atoms with E-state index in [0.717, 1.165) is 15.5 Å². The molecule has 0 spiro atoms. The van der Waals surface area contributed by atoms with Crippen LogP contribution in [0.15, 0.2) is 11.0 Å². The number of thioether (sulfide) groups is 1. The van der Waals surface area contributed by atoms with E-state index in [4.69, 9.17) is 0 Å². The third-order valence-electron chi connectivity index (χ3n) is 3.69. The molecule has 0 amide bonds. The minimum atomic E-state index is -3.37. The molecule has 1 aromatic heterocycles. The van der Waals surface area contributed by atoms with Gasteiger partial charge in [-0.05, 0) is 27.0 Å². The summed E-state index contributed by atoms with van der Waals surface area (Å²) >= 11 is 3.40. The first-order chi connectivity index (χ1) is 9.37. The number of aryl methyl sites for hydroxylation is 1. The van der Waals surface area contributed by atoms with Crippen LogP contribution < -0.4 is 5.32 Å². The molecule has 2 rings (SSSR count). The zero-order chi connectivity index (χ0) is 14.9. The number of sulfonamides is 1. The van der Waals surface area contributed by atoms with E-state index in [9.17, 15) is 8.42 Å². The van der Waals surface area contributed by atoms with Crippen molar-refractivity contribution in [2.45, 2.75) is 43.5 Å². The Bertz CT molecular complexity index is 568. The highest BCUT2D eigenvalue weighted by atomic mass is 32.2. The van der Waals surface area contributed by atoms with Gasteiger partial charge in [-0.2, -0.15) is 16.1 Å². The van der Waals surface area contributed by atoms with Crippen molar-refractivity contribution in [1.82, 2.24) is 9.62 Å². The van der Waals surface area contributed by atoms with Gasteiger partial charge in [0.25, 0.3) is 0 Å². The van der Waals surface area contributed by atoms with Gasteiger partial charge in [-0.15, -0.1) is 11.3 Å². The summed E-state index contributed by atoms with van der Waals surface area (Å²) in [5.74, 6) is 0.872. The number of hydrogen-bond acceptors (Lipinski definition) is 5. The van der Waals surface area contributed by atoms with Gasteiger partial charge in [-0.1, -0.05) is 6.92 Å². The van der Waals surface area contributed by atoms with Crippen molar-refractivity contribution in [3.05, 3.63) is 15.8 Å². The van der Waals surface area contributed by atoms with E-state index in [0.29, 0.717) is 23.2 Å². The Kier molecular flexibility index (Phi) is 5.18. The van der Waals surface area contributed by atoms with Crippen LogP contribution in [-0.2, 0) is 16.6 Å². The zero-order valence-electron chi connectivity index (χ0n) is 12.3. The summed E-state index contributed by atoms with van der Waals surface area (Å²) in [5, 5.41) is 3.41. The molecule has 1 N–H and O–H groups in total. The molecule has 0 bridgehead atoms. The quantitative estimate of drug-likeness (QED) is 0.918. The Morgan fingerprint density at radius 3 is 2.80 bits per heavy atom. The van der Waals surface area contributed by atoms with Crippen molar-refractivity contribution in [3.63, 3.8) is 0 Å². The summed E-state index contributed by atoms with van der Waals surface area (Å²) in [4.78, 5) is 2.43. The van der Waals surface area contributed by atoms with Crippen molar-refractivity contribution in [1.29, 1.82) is 0 Å². The first kappa shape index (κ1) is 16.3. The van der Waals surface area contributed by atoms with E-state index in [1.807, 2.05) is 38.7 Å². The van der Waals surface area contributed by atoms with E-state index < -0.39 is 10.0 Å². The zero-order valence-corrected chi connectivity index (χ0v) is 14.8. The molecule has 0 saturated carbocycles. The summed E-state index contributed by atoms with van der Waals surface area (Å²) in [7, 11) is -1.50. The van der Waals surface area contributed by atoms with Gasteiger partial charge in [0.15, 0.2) is 0 Å². The Labute approximate surface area is 130 Å². The molecule has 0 aromatic carbocycles. The van der Waals surface area contributed by atoms with Crippen LogP contribution in [0.3, 0.4) is 0 Å². The molecule has 7 heteroatoms. The molecule has 0 radical (unpaired) electrons. The van der Waals surface area contributed by atoms with Crippen LogP contribution in [0.2, 0.25) is 0 Å². The van der Waals surface area contributed by atoms with Gasteiger partial charge >= 0.3 is 0 Å². The highest BCUT2D eigenvalue weighted by Gasteiger charge is 2.36. The fourth-order valence-electron chi connectivity index (χ4n) is 2.41. The Balaban J connectivity index is 2.34. The fourth-order valence-corrected chi connectivity index (χ4v) is 7.03. The van der Waals surface area contributed by atoms with Crippen LogP contribution in [0.25, 0.3) is 0 Å². The SMILES string of the molecule is CNCc1cc(S(=O)(=O)N2CCSC(C)C2C)c(C)s1. The van der Waals surface area contributed by atoms with Gasteiger partial charge in [-0.3, -0.25) is 0 Å². The summed E-state index contributed by atoms with van der Waals surface area (Å²) in [5.41, 5.74) is 0. The van der Waals surface area contributed by atoms with E-state index >= 15 is 0 Å². The predicted molar refractivity (Wildman–Crippen MR) is 87.1 cm³/mol. The maximum Gasteiger partial charge on any atom is 0.244 e. The van der Waals surface area contributed by atoms with Crippen molar-refractivity contribution in [2.75, 3.05) is 19.3 Å². The van der Waals surface area contributed by atoms with Crippen molar-refractivity contribution < 1.29 is 8.42 Å². The van der Waals surface area contributed by atoms with Gasteiger partial charge < -0.3 is 5.32 Å². The maximum atomic E-state index is 12.9. The molecule has 0 aliphatic carbocycles. The second-order valence-corrected chi connectivity index (χ2v) is 9.78. The Morgan fingerprint density at radius 2 is 2.15 bits per heavy atom. The average Bonchev–Trinajstić information content (AvgIpc) is 2.75. The highest BCUT2D eigenvalue weighted by molar-refractivity contribution is 8.00. The molecule has 1 aliphatic rings. The van der Waals surface area contributed by atoms with Crippen LogP contribution in [0.1, 0.15) is 23.6 Å². The van der Waals surface area contributed by atoms with Gasteiger partial charge in [0.05, 0.1) is 4.90 Å². The third kappa shape index (κ3) is 3.06. The summed E-state index contributed by atoms with van der Waals surface area (Å²) in [6.45, 7) is 7.32. The molecule has 1 saturated heterocycles. The molecule has 1 aliphatic heterocycles. The number of nitrogens with zero attached hydrogens (tertiary/aromatic N) is 1. The average molecular weight is 335 g/mol. The highest BCUT2D eigenvalue weighted by Crippen LogP contribution is 2.33. The molecule has 4 nitrogen and oxygen atoms in total. The van der Waals surface area contributed by atoms with Crippen LogP contribution in [0.4, 0.5) is 0 Å². The van der Waals surface area contributed by atoms with Crippen LogP contribution in [0.5, 0.6) is 0 Å². The normalized spacial score (nSPS) is 25.0. The molecule has 1 fully saturated rings. The fraction of sp³-hybridized carbons (Fsp3) is 0.692. The molecular weight excluding hydrogens is 312 g/mol. The lowest BCUT2D eigenvalue weighted by Gasteiger charge is -2.36. The first-order valence-electron chi connectivity index (χ1n) is 6.75. The predicted octanol–water partition coefficient (Wildman–Crippen LogP) is 2.29. The first-order valence-corrected chi connectivity index (χ1v) is 10.1. The second kappa shape index (κ2) is 6.36. The lowest BCUT2D eigenvalue weighted by molar-refractivity contribution is 0.340. The number of nitrogens with one attached hydrogen (secondary N) is 1. The van der Waals surface area contributed by atoms with Gasteiger partial charge in [0.1, 0.15) is 0 Å². The van der Waals surface area contributed by atoms with Crippen molar-refractivity contribution in [3.8, 4) is 0 Å². The lowest BCUT2D eigenvalue weighted by atomic mass is 10.2. The van der Waals surface area contributed by atoms with Crippen LogP contribution >= 0.6 is 23.1 Å². The summed E-state index contributed by atoms with van der Waals surface area (Å²) in [6.07, 6.45) is 0. The monoisotopic (exact) mass is 334 g/mol. The van der Waals surface area contributed by atoms with Gasteiger partial charge in [0.2, 0.25) is 10.0 Å². The third-order valence-corrected chi connectivity index (χ3v) is 8.32. The van der Waals surface area contributed by atoms with Crippen LogP contribution in [-0.4, -0.2) is 43.4 Å². The number of hydrogen-bond donors (Lipinski definition) is 1. The molecule has 114 valence electrons. The molecule has 2 heterocycles. The van der Waals surface area contributed by atoms with Gasteiger partial charge in [-0.25, -0.2) is 8.42 Å². The maximum absolute atomic E-state index is 12.9. The molecule has 2 atom stereocenters. The molecule has 20 heavy (non-hydrogen) atoms. The second-order valence-electron chi connectivity index (χ2n) is 5.10. The Morgan fingerprint density at radius 1 is 1.45 bits per heavy atom. The lowest BCUT2D eigenvalue weighted by Crippen LogP contribution is -2.47. The molecule has 2 unspecified atom stereocenters. The standard InChI is InChI=1S/C13H22N2O2S3/c1-9-10(2)18-6-5-15(9)20(16,17)13-7-12(8-14-4)19-11(13)3/h7,9-10,14H,5-6,8H2,1-4H3. The van der Waals surface area contributed by atoms with E-state index in [1.165, 1.54) is 0 Å². The largest absolute Gasteiger partial charge is 0.315 e. The number of rotatable bonds is 4. The number of thiophene rings is 1. The summed E-state index contributed by atoms with van der Waals surface area (Å²) < 4.78 is 27.4. The minimum Gasteiger partial charge on any atom is -0.315 e. The summed E-state index contributed by atoms with van der Waals surface area (Å²) in [6, 6.07) is 1.87. The van der Waals surface area contributed by atoms with Gasteiger partial charge in [0, 0.05) is 39.9 Å². The topological polar surface area (TPSA) is 49.4 Å². The van der Waals surface area contributed by atoms with Crippen molar-refractivity contribution in [2.24, 2.45) is 0 Å². The smallest absolute Gasteiger partial charge is 0.244 e. The van der Waals surface area contributed by atoms with E-state index in [2.05, 4.69) is 12.2 Å². The van der Waals surface area contributed by atoms with Crippen molar-refractivity contribution >= 4 is 33.1 Å². The molecular formula is C13H22N2O2S3. The van der Waals surface area contributed by atoms with E-state index in [1.54, 1.807) is 15.6 Å². The Hall–Kier alpha value is -0.0800. The minimum absolute atomic E-state index is 0.0470. The molecule has 1 aromatic rings. The van der Waals surface area contributed by atoms with E-state index in [-0.39, 0.29) is 6.04 Å². The van der Waals surface area contributed by atoms with Crippen LogP contribution in [0, 0.1) is 6.92 Å².